The van der Waals surface area contributed by atoms with Gasteiger partial charge in [-0.05, 0) is 25.5 Å². The van der Waals surface area contributed by atoms with Crippen LogP contribution in [0.1, 0.15) is 24.4 Å². The van der Waals surface area contributed by atoms with Crippen LogP contribution in [0.5, 0.6) is 0 Å². The van der Waals surface area contributed by atoms with E-state index < -0.39 is 0 Å². The van der Waals surface area contributed by atoms with Gasteiger partial charge in [0.25, 0.3) is 0 Å². The molecule has 2 atom stereocenters. The summed E-state index contributed by atoms with van der Waals surface area (Å²) in [5.41, 5.74) is 11.7. The molecule has 2 unspecified atom stereocenters. The van der Waals surface area contributed by atoms with Gasteiger partial charge in [-0.25, -0.2) is 4.39 Å². The van der Waals surface area contributed by atoms with Gasteiger partial charge >= 0.3 is 0 Å². The zero-order valence-corrected chi connectivity index (χ0v) is 10.2. The van der Waals surface area contributed by atoms with E-state index in [1.54, 1.807) is 18.2 Å². The maximum Gasteiger partial charge on any atom is 0.234 e. The van der Waals surface area contributed by atoms with Gasteiger partial charge in [0.2, 0.25) is 5.91 Å². The highest BCUT2D eigenvalue weighted by molar-refractivity contribution is 5.80. The van der Waals surface area contributed by atoms with Crippen LogP contribution in [0.3, 0.4) is 0 Å². The summed E-state index contributed by atoms with van der Waals surface area (Å²) >= 11 is 0. The van der Waals surface area contributed by atoms with Gasteiger partial charge in [0, 0.05) is 12.1 Å². The average molecular weight is 251 g/mol. The summed E-state index contributed by atoms with van der Waals surface area (Å²) in [6, 6.07) is 5.92. The number of benzene rings is 1. The van der Waals surface area contributed by atoms with E-state index in [1.807, 2.05) is 4.90 Å². The minimum Gasteiger partial charge on any atom is -0.368 e. The molecule has 0 radical (unpaired) electrons. The summed E-state index contributed by atoms with van der Waals surface area (Å²) in [4.78, 5) is 13.3. The normalized spacial score (nSPS) is 22.0. The Morgan fingerprint density at radius 2 is 2.22 bits per heavy atom. The minimum atomic E-state index is -0.359. The Morgan fingerprint density at radius 3 is 2.83 bits per heavy atom. The van der Waals surface area contributed by atoms with Crippen LogP contribution in [-0.4, -0.2) is 29.9 Å². The van der Waals surface area contributed by atoms with Crippen molar-refractivity contribution in [2.24, 2.45) is 11.5 Å². The maximum atomic E-state index is 13.8. The summed E-state index contributed by atoms with van der Waals surface area (Å²) in [7, 11) is 0. The number of hydrogen-bond acceptors (Lipinski definition) is 3. The predicted octanol–water partition coefficient (Wildman–Crippen LogP) is 0.775. The Balaban J connectivity index is 2.29. The molecule has 0 saturated carbocycles. The van der Waals surface area contributed by atoms with Crippen molar-refractivity contribution in [3.05, 3.63) is 35.6 Å². The molecule has 4 nitrogen and oxygen atoms in total. The Hall–Kier alpha value is -1.46. The lowest BCUT2D eigenvalue weighted by molar-refractivity contribution is -0.123. The summed E-state index contributed by atoms with van der Waals surface area (Å²) in [5.74, 6) is -0.648. The zero-order chi connectivity index (χ0) is 13.1. The van der Waals surface area contributed by atoms with Crippen molar-refractivity contribution in [3.63, 3.8) is 0 Å². The van der Waals surface area contributed by atoms with Gasteiger partial charge in [0.05, 0.1) is 12.1 Å². The Morgan fingerprint density at radius 1 is 1.50 bits per heavy atom. The number of carbonyl (C=O) groups excluding carboxylic acids is 1. The number of halogens is 1. The molecule has 0 spiro atoms. The van der Waals surface area contributed by atoms with Crippen LogP contribution in [0.15, 0.2) is 24.3 Å². The Kier molecular flexibility index (Phi) is 3.93. The van der Waals surface area contributed by atoms with Crippen molar-refractivity contribution in [2.45, 2.75) is 24.9 Å². The first-order chi connectivity index (χ1) is 8.65. The predicted molar refractivity (Wildman–Crippen MR) is 67.1 cm³/mol. The van der Waals surface area contributed by atoms with Crippen LogP contribution < -0.4 is 11.5 Å². The van der Waals surface area contributed by atoms with Gasteiger partial charge in [0.1, 0.15) is 5.82 Å². The van der Waals surface area contributed by atoms with Gasteiger partial charge in [-0.1, -0.05) is 18.2 Å². The van der Waals surface area contributed by atoms with Crippen molar-refractivity contribution in [2.75, 3.05) is 13.1 Å². The molecular weight excluding hydrogens is 233 g/mol. The number of carbonyl (C=O) groups is 1. The topological polar surface area (TPSA) is 72.3 Å². The summed E-state index contributed by atoms with van der Waals surface area (Å²) in [6.07, 6.45) is 1.61. The van der Waals surface area contributed by atoms with E-state index in [4.69, 9.17) is 11.5 Å². The van der Waals surface area contributed by atoms with Gasteiger partial charge in [0.15, 0.2) is 0 Å². The average Bonchev–Trinajstić information content (AvgIpc) is 2.82. The number of nitrogens with two attached hydrogens (primary N) is 2. The Bertz CT molecular complexity index is 438. The molecule has 1 aliphatic rings. The number of hydrogen-bond donors (Lipinski definition) is 2. The maximum absolute atomic E-state index is 13.8. The SMILES string of the molecule is NCC(c1ccccc1F)N1CCCC1C(N)=O. The lowest BCUT2D eigenvalue weighted by Crippen LogP contribution is -2.44. The van der Waals surface area contributed by atoms with Crippen molar-refractivity contribution >= 4 is 5.91 Å². The lowest BCUT2D eigenvalue weighted by Gasteiger charge is -2.31. The molecule has 1 aromatic rings. The molecule has 4 N–H and O–H groups in total. The zero-order valence-electron chi connectivity index (χ0n) is 10.2. The quantitative estimate of drug-likeness (QED) is 0.830. The first kappa shape index (κ1) is 13.0. The third-order valence-electron chi connectivity index (χ3n) is 3.51. The van der Waals surface area contributed by atoms with E-state index in [0.717, 1.165) is 19.4 Å². The molecule has 1 saturated heterocycles. The monoisotopic (exact) mass is 251 g/mol. The molecule has 2 rings (SSSR count). The molecule has 1 amide bonds. The van der Waals surface area contributed by atoms with Crippen molar-refractivity contribution < 1.29 is 9.18 Å². The Labute approximate surface area is 106 Å². The van der Waals surface area contributed by atoms with Gasteiger partial charge < -0.3 is 11.5 Å². The molecule has 1 fully saturated rings. The third-order valence-corrected chi connectivity index (χ3v) is 3.51. The smallest absolute Gasteiger partial charge is 0.234 e. The second-order valence-corrected chi connectivity index (χ2v) is 4.57. The molecule has 18 heavy (non-hydrogen) atoms. The van der Waals surface area contributed by atoms with E-state index in [-0.39, 0.29) is 30.4 Å². The molecule has 5 heteroatoms. The van der Waals surface area contributed by atoms with Crippen molar-refractivity contribution in [3.8, 4) is 0 Å². The van der Waals surface area contributed by atoms with Crippen LogP contribution in [0.4, 0.5) is 4.39 Å². The fraction of sp³-hybridized carbons (Fsp3) is 0.462. The van der Waals surface area contributed by atoms with E-state index in [2.05, 4.69) is 0 Å². The fourth-order valence-corrected chi connectivity index (χ4v) is 2.65. The van der Waals surface area contributed by atoms with Crippen molar-refractivity contribution in [1.82, 2.24) is 4.90 Å². The van der Waals surface area contributed by atoms with Crippen molar-refractivity contribution in [1.29, 1.82) is 0 Å². The second kappa shape index (κ2) is 5.46. The number of likely N-dealkylation sites (tertiary alicyclic amines) is 1. The molecule has 1 heterocycles. The molecule has 0 aliphatic carbocycles. The lowest BCUT2D eigenvalue weighted by atomic mass is 10.0. The van der Waals surface area contributed by atoms with Crippen LogP contribution in [0, 0.1) is 5.82 Å². The highest BCUT2D eigenvalue weighted by atomic mass is 19.1. The standard InChI is InChI=1S/C13H18FN3O/c14-10-5-2-1-4-9(10)12(8-15)17-7-3-6-11(17)13(16)18/h1-2,4-5,11-12H,3,6-8,15H2,(H2,16,18). The van der Waals surface area contributed by atoms with Crippen LogP contribution >= 0.6 is 0 Å². The molecule has 0 bridgehead atoms. The highest BCUT2D eigenvalue weighted by Gasteiger charge is 2.35. The van der Waals surface area contributed by atoms with E-state index in [0.29, 0.717) is 5.56 Å². The first-order valence-corrected chi connectivity index (χ1v) is 6.14. The molecule has 98 valence electrons. The fourth-order valence-electron chi connectivity index (χ4n) is 2.65. The molecule has 1 aliphatic heterocycles. The first-order valence-electron chi connectivity index (χ1n) is 6.14. The number of nitrogens with zero attached hydrogens (tertiary/aromatic N) is 1. The van der Waals surface area contributed by atoms with Gasteiger partial charge in [-0.3, -0.25) is 9.69 Å². The summed E-state index contributed by atoms with van der Waals surface area (Å²) < 4.78 is 13.8. The van der Waals surface area contributed by atoms with E-state index >= 15 is 0 Å². The summed E-state index contributed by atoms with van der Waals surface area (Å²) in [5, 5.41) is 0. The van der Waals surface area contributed by atoms with Crippen LogP contribution in [0.25, 0.3) is 0 Å². The highest BCUT2D eigenvalue weighted by Crippen LogP contribution is 2.29. The van der Waals surface area contributed by atoms with Gasteiger partial charge in [-0.15, -0.1) is 0 Å². The minimum absolute atomic E-state index is 0.269. The number of amides is 1. The molecular formula is C13H18FN3O. The largest absolute Gasteiger partial charge is 0.368 e. The third kappa shape index (κ3) is 2.37. The second-order valence-electron chi connectivity index (χ2n) is 4.57. The summed E-state index contributed by atoms with van der Waals surface area (Å²) in [6.45, 7) is 0.995. The molecule has 1 aromatic carbocycles. The van der Waals surface area contributed by atoms with Crippen LogP contribution in [0.2, 0.25) is 0 Å². The number of rotatable bonds is 4. The number of primary amides is 1. The van der Waals surface area contributed by atoms with E-state index in [1.165, 1.54) is 6.07 Å². The van der Waals surface area contributed by atoms with E-state index in [9.17, 15) is 9.18 Å². The van der Waals surface area contributed by atoms with Crippen LogP contribution in [-0.2, 0) is 4.79 Å². The molecule has 0 aromatic heterocycles. The van der Waals surface area contributed by atoms with Gasteiger partial charge in [-0.2, -0.15) is 0 Å².